The lowest BCUT2D eigenvalue weighted by molar-refractivity contribution is 0.102. The van der Waals surface area contributed by atoms with Gasteiger partial charge in [-0.2, -0.15) is 4.37 Å². The van der Waals surface area contributed by atoms with Crippen LogP contribution < -0.4 is 5.32 Å². The van der Waals surface area contributed by atoms with Crippen LogP contribution in [-0.4, -0.2) is 20.2 Å². The molecule has 0 radical (unpaired) electrons. The van der Waals surface area contributed by atoms with Crippen molar-refractivity contribution in [1.82, 2.24) is 14.3 Å². The van der Waals surface area contributed by atoms with Crippen molar-refractivity contribution in [1.29, 1.82) is 0 Å². The Labute approximate surface area is 120 Å². The molecule has 0 spiro atoms. The summed E-state index contributed by atoms with van der Waals surface area (Å²) in [5.41, 5.74) is 1.25. The highest BCUT2D eigenvalue weighted by molar-refractivity contribution is 7.09. The number of halogens is 1. The van der Waals surface area contributed by atoms with Crippen LogP contribution in [0.2, 0.25) is 5.15 Å². The van der Waals surface area contributed by atoms with Gasteiger partial charge in [0.25, 0.3) is 5.91 Å². The molecule has 1 N–H and O–H groups in total. The molecule has 0 bridgehead atoms. The highest BCUT2D eigenvalue weighted by Crippen LogP contribution is 2.19. The van der Waals surface area contributed by atoms with Crippen LogP contribution in [0.25, 0.3) is 0 Å². The van der Waals surface area contributed by atoms with Gasteiger partial charge in [-0.3, -0.25) is 10.1 Å². The van der Waals surface area contributed by atoms with Crippen molar-refractivity contribution in [2.45, 2.75) is 26.7 Å². The molecule has 19 heavy (non-hydrogen) atoms. The Morgan fingerprint density at radius 3 is 2.68 bits per heavy atom. The van der Waals surface area contributed by atoms with E-state index in [0.717, 1.165) is 17.2 Å². The number of hydrogen-bond acceptors (Lipinski definition) is 5. The molecular weight excluding hydrogens is 284 g/mol. The first kappa shape index (κ1) is 13.9. The molecule has 2 rings (SSSR count). The van der Waals surface area contributed by atoms with E-state index < -0.39 is 0 Å². The average molecular weight is 297 g/mol. The highest BCUT2D eigenvalue weighted by Gasteiger charge is 2.13. The lowest BCUT2D eigenvalue weighted by atomic mass is 10.1. The lowest BCUT2D eigenvalue weighted by Crippen LogP contribution is -2.13. The Kier molecular flexibility index (Phi) is 4.11. The number of aryl methyl sites for hydroxylation is 1. The predicted molar refractivity (Wildman–Crippen MR) is 75.9 cm³/mol. The maximum Gasteiger partial charge on any atom is 0.257 e. The van der Waals surface area contributed by atoms with Crippen molar-refractivity contribution >= 4 is 34.2 Å². The van der Waals surface area contributed by atoms with Gasteiger partial charge in [0.2, 0.25) is 5.13 Å². The summed E-state index contributed by atoms with van der Waals surface area (Å²) in [4.78, 5) is 20.4. The van der Waals surface area contributed by atoms with Gasteiger partial charge in [0.05, 0.1) is 0 Å². The summed E-state index contributed by atoms with van der Waals surface area (Å²) in [6, 6.07) is 3.27. The third-order valence-corrected chi connectivity index (χ3v) is 3.33. The molecule has 0 atom stereocenters. The molecule has 0 aliphatic carbocycles. The fourth-order valence-electron chi connectivity index (χ4n) is 1.46. The molecule has 0 aliphatic heterocycles. The third-order valence-electron chi connectivity index (χ3n) is 2.42. The quantitative estimate of drug-likeness (QED) is 0.883. The van der Waals surface area contributed by atoms with E-state index in [9.17, 15) is 4.79 Å². The number of hydrogen-bond donors (Lipinski definition) is 1. The zero-order valence-corrected chi connectivity index (χ0v) is 12.3. The van der Waals surface area contributed by atoms with Crippen LogP contribution in [0, 0.1) is 6.92 Å². The minimum atomic E-state index is -0.262. The van der Waals surface area contributed by atoms with E-state index in [2.05, 4.69) is 19.7 Å². The number of pyridine rings is 1. The zero-order chi connectivity index (χ0) is 14.0. The topological polar surface area (TPSA) is 67.8 Å². The first-order valence-electron chi connectivity index (χ1n) is 5.75. The second kappa shape index (κ2) is 5.63. The average Bonchev–Trinajstić information content (AvgIpc) is 2.73. The largest absolute Gasteiger partial charge is 0.297 e. The Bertz CT molecular complexity index is 612. The number of aromatic nitrogens is 3. The summed E-state index contributed by atoms with van der Waals surface area (Å²) in [5.74, 6) is 0.576. The van der Waals surface area contributed by atoms with Crippen LogP contribution in [0.4, 0.5) is 5.13 Å². The van der Waals surface area contributed by atoms with Gasteiger partial charge in [0, 0.05) is 22.8 Å². The van der Waals surface area contributed by atoms with Crippen molar-refractivity contribution < 1.29 is 4.79 Å². The van der Waals surface area contributed by atoms with E-state index in [1.807, 2.05) is 13.8 Å². The van der Waals surface area contributed by atoms with Gasteiger partial charge >= 0.3 is 0 Å². The van der Waals surface area contributed by atoms with Crippen LogP contribution in [-0.2, 0) is 0 Å². The van der Waals surface area contributed by atoms with E-state index in [0.29, 0.717) is 21.7 Å². The first-order chi connectivity index (χ1) is 8.95. The number of rotatable bonds is 3. The molecule has 1 amide bonds. The summed E-state index contributed by atoms with van der Waals surface area (Å²) in [6.45, 7) is 5.76. The van der Waals surface area contributed by atoms with Crippen LogP contribution >= 0.6 is 23.1 Å². The Hall–Kier alpha value is -1.53. The molecular formula is C12H13ClN4OS. The Morgan fingerprint density at radius 2 is 2.11 bits per heavy atom. The van der Waals surface area contributed by atoms with Crippen LogP contribution in [0.5, 0.6) is 0 Å². The van der Waals surface area contributed by atoms with Gasteiger partial charge in [-0.15, -0.1) is 0 Å². The molecule has 0 fully saturated rings. The smallest absolute Gasteiger partial charge is 0.257 e. The van der Waals surface area contributed by atoms with Crippen LogP contribution in [0.1, 0.15) is 41.6 Å². The van der Waals surface area contributed by atoms with Gasteiger partial charge in [-0.1, -0.05) is 25.4 Å². The van der Waals surface area contributed by atoms with Crippen LogP contribution in [0.15, 0.2) is 12.1 Å². The maximum absolute atomic E-state index is 12.1. The molecule has 0 aliphatic rings. The Balaban J connectivity index is 2.23. The van der Waals surface area contributed by atoms with Crippen molar-refractivity contribution in [2.24, 2.45) is 0 Å². The molecule has 2 heterocycles. The number of nitrogens with zero attached hydrogens (tertiary/aromatic N) is 3. The van der Waals surface area contributed by atoms with Gasteiger partial charge < -0.3 is 0 Å². The number of anilines is 1. The normalized spacial score (nSPS) is 10.8. The van der Waals surface area contributed by atoms with Gasteiger partial charge in [0.15, 0.2) is 0 Å². The minimum absolute atomic E-state index is 0.203. The Morgan fingerprint density at radius 1 is 1.37 bits per heavy atom. The van der Waals surface area contributed by atoms with Crippen molar-refractivity contribution in [3.05, 3.63) is 34.4 Å². The predicted octanol–water partition coefficient (Wildman–Crippen LogP) is 3.27. The third kappa shape index (κ3) is 3.48. The number of carbonyl (C=O) groups is 1. The number of carbonyl (C=O) groups excluding carboxylic acids is 1. The standard InChI is InChI=1S/C12H13ClN4OS/c1-6(2)9-4-8(5-10(13)15-9)11(18)16-12-14-7(3)17-19-12/h4-6H,1-3H3,(H,14,16,17,18). The molecule has 100 valence electrons. The number of amides is 1. The maximum atomic E-state index is 12.1. The van der Waals surface area contributed by atoms with Gasteiger partial charge in [-0.05, 0) is 25.0 Å². The van der Waals surface area contributed by atoms with Crippen molar-refractivity contribution in [3.8, 4) is 0 Å². The van der Waals surface area contributed by atoms with Gasteiger partial charge in [0.1, 0.15) is 11.0 Å². The lowest BCUT2D eigenvalue weighted by Gasteiger charge is -2.08. The minimum Gasteiger partial charge on any atom is -0.297 e. The van der Waals surface area contributed by atoms with E-state index in [-0.39, 0.29) is 11.8 Å². The SMILES string of the molecule is Cc1nsc(NC(=O)c2cc(Cl)nc(C(C)C)c2)n1. The summed E-state index contributed by atoms with van der Waals surface area (Å²) in [7, 11) is 0. The van der Waals surface area contributed by atoms with Crippen molar-refractivity contribution in [3.63, 3.8) is 0 Å². The van der Waals surface area contributed by atoms with E-state index in [1.54, 1.807) is 13.0 Å². The molecule has 2 aromatic heterocycles. The highest BCUT2D eigenvalue weighted by atomic mass is 35.5. The summed E-state index contributed by atoms with van der Waals surface area (Å²) in [6.07, 6.45) is 0. The van der Waals surface area contributed by atoms with Crippen LogP contribution in [0.3, 0.4) is 0 Å². The monoisotopic (exact) mass is 296 g/mol. The first-order valence-corrected chi connectivity index (χ1v) is 6.90. The zero-order valence-electron chi connectivity index (χ0n) is 10.8. The molecule has 0 aromatic carbocycles. The molecule has 7 heteroatoms. The van der Waals surface area contributed by atoms with Crippen molar-refractivity contribution in [2.75, 3.05) is 5.32 Å². The number of nitrogens with one attached hydrogen (secondary N) is 1. The summed E-state index contributed by atoms with van der Waals surface area (Å²) >= 11 is 7.07. The fourth-order valence-corrected chi connectivity index (χ4v) is 2.25. The van der Waals surface area contributed by atoms with Gasteiger partial charge in [-0.25, -0.2) is 9.97 Å². The molecule has 2 aromatic rings. The van der Waals surface area contributed by atoms with E-state index in [4.69, 9.17) is 11.6 Å². The second-order valence-corrected chi connectivity index (χ2v) is 5.50. The molecule has 0 unspecified atom stereocenters. The molecule has 0 saturated carbocycles. The molecule has 0 saturated heterocycles. The van der Waals surface area contributed by atoms with E-state index in [1.165, 1.54) is 6.07 Å². The molecule has 5 nitrogen and oxygen atoms in total. The summed E-state index contributed by atoms with van der Waals surface area (Å²) < 4.78 is 4.00. The van der Waals surface area contributed by atoms with E-state index >= 15 is 0 Å². The fraction of sp³-hybridized carbons (Fsp3) is 0.333. The summed E-state index contributed by atoms with van der Waals surface area (Å²) in [5, 5.41) is 3.48. The second-order valence-electron chi connectivity index (χ2n) is 4.36.